The molecule has 332 valence electrons. The number of carbonyl (C=O) groups is 1. The topological polar surface area (TPSA) is 17.1 Å². The highest BCUT2D eigenvalue weighted by Gasteiger charge is 2.52. The molecule has 0 saturated heterocycles. The zero-order chi connectivity index (χ0) is 47.2. The summed E-state index contributed by atoms with van der Waals surface area (Å²) in [4.78, 5) is 13.5. The number of halogens is 20. The molecule has 0 heterocycles. The summed E-state index contributed by atoms with van der Waals surface area (Å²) in [5, 5.41) is 0. The van der Waals surface area contributed by atoms with Gasteiger partial charge in [-0.15, -0.1) is 21.9 Å². The first-order valence-corrected chi connectivity index (χ1v) is 18.6. The van der Waals surface area contributed by atoms with Gasteiger partial charge >= 0.3 is 0 Å². The lowest BCUT2D eigenvalue weighted by Crippen LogP contribution is -2.81. The fourth-order valence-electron chi connectivity index (χ4n) is 6.70. The number of hydrogen-bond acceptors (Lipinski definition) is 1. The predicted octanol–water partition coefficient (Wildman–Crippen LogP) is 9.41. The van der Waals surface area contributed by atoms with Crippen molar-refractivity contribution in [3.8, 4) is 0 Å². The maximum Gasteiger partial charge on any atom is 0.212 e. The second kappa shape index (κ2) is 18.4. The first kappa shape index (κ1) is 48.0. The molecule has 63 heavy (non-hydrogen) atoms. The van der Waals surface area contributed by atoms with Crippen molar-refractivity contribution in [1.29, 1.82) is 0 Å². The summed E-state index contributed by atoms with van der Waals surface area (Å²) in [5.41, 5.74) is -13.5. The molecule has 0 fully saturated rings. The summed E-state index contributed by atoms with van der Waals surface area (Å²) in [6, 6.07) is 19.9. The Morgan fingerprint density at radius 2 is 0.587 bits per heavy atom. The summed E-state index contributed by atoms with van der Waals surface area (Å²) in [7, 11) is 0.0251. The molecule has 0 amide bonds. The average molecular weight is 936 g/mol. The molecule has 0 aromatic heterocycles. The van der Waals surface area contributed by atoms with Crippen LogP contribution in [0.4, 0.5) is 87.8 Å². The summed E-state index contributed by atoms with van der Waals surface area (Å²) in [6.07, 6.45) is -7.22. The van der Waals surface area contributed by atoms with Crippen molar-refractivity contribution in [2.24, 2.45) is 0 Å². The Morgan fingerprint density at radius 1 is 0.365 bits per heavy atom. The summed E-state index contributed by atoms with van der Waals surface area (Å²) >= 11 is 0. The summed E-state index contributed by atoms with van der Waals surface area (Å²) in [5.74, 6) is -69.5. The van der Waals surface area contributed by atoms with Gasteiger partial charge in [0.05, 0.1) is 0 Å². The monoisotopic (exact) mass is 936 g/mol. The molecule has 1 nitrogen and oxygen atoms in total. The van der Waals surface area contributed by atoms with Crippen molar-refractivity contribution in [3.05, 3.63) is 183 Å². The molecule has 0 spiro atoms. The van der Waals surface area contributed by atoms with Crippen LogP contribution in [0.1, 0.15) is 17.3 Å². The van der Waals surface area contributed by atoms with Crippen LogP contribution in [0.15, 0.2) is 65.6 Å². The average Bonchev–Trinajstić information content (AvgIpc) is 3.28. The van der Waals surface area contributed by atoms with Gasteiger partial charge in [-0.1, -0.05) is 48.5 Å². The Labute approximate surface area is 342 Å². The maximum absolute atomic E-state index is 15.4. The zero-order valence-corrected chi connectivity index (χ0v) is 31.5. The molecule has 0 aliphatic heterocycles. The molecule has 6 aromatic carbocycles. The normalized spacial score (nSPS) is 12.0. The van der Waals surface area contributed by atoms with E-state index in [4.69, 9.17) is 0 Å². The van der Waals surface area contributed by atoms with Crippen LogP contribution >= 0.6 is 0 Å². The lowest BCUT2D eigenvalue weighted by Gasteiger charge is -2.44. The van der Waals surface area contributed by atoms with E-state index >= 15 is 35.1 Å². The van der Waals surface area contributed by atoms with Crippen LogP contribution in [0.25, 0.3) is 0 Å². The van der Waals surface area contributed by atoms with E-state index in [-0.39, 0.29) is 16.7 Å². The van der Waals surface area contributed by atoms with Crippen molar-refractivity contribution >= 4 is 44.7 Å². The summed E-state index contributed by atoms with van der Waals surface area (Å²) < 4.78 is 294. The number of Topliss-reactive ketones (excluding diaryl/α,β-unsaturated/α-hetero) is 1. The molecule has 1 unspecified atom stereocenters. The van der Waals surface area contributed by atoms with Crippen molar-refractivity contribution in [3.63, 3.8) is 0 Å². The standard InChI is InChI=1S/C24BF20.C16H17OS/c26-5-1(6(27)14(35)21(42)13(5)34)25(2-7(28)15(36)22(43)16(37)8(2)29,3-9(30)17(38)23(44)18(39)10(3)31)4-11(32)19(40)24(45)20(41)12(4)33;1-2-18(15-11-7-4-8-12-15)13-16(17)14-9-5-3-6-10-14/h;3-12H,2,13H2,1H3/q-1;+1. The molecule has 0 aliphatic rings. The highest BCUT2D eigenvalue weighted by atomic mass is 32.2. The molecule has 0 N–H and O–H groups in total. The molecule has 23 heteroatoms. The molecule has 6 aromatic rings. The smallest absolute Gasteiger partial charge is 0.212 e. The third-order valence-corrected chi connectivity index (χ3v) is 11.8. The predicted molar refractivity (Wildman–Crippen MR) is 187 cm³/mol. The van der Waals surface area contributed by atoms with Crippen molar-refractivity contribution in [2.75, 3.05) is 11.5 Å². The van der Waals surface area contributed by atoms with Gasteiger partial charge in [-0.05, 0) is 19.1 Å². The Kier molecular flexibility index (Phi) is 14.0. The third-order valence-electron chi connectivity index (χ3n) is 9.53. The Balaban J connectivity index is 0.000000345. The van der Waals surface area contributed by atoms with Crippen LogP contribution in [0, 0.1) is 116 Å². The van der Waals surface area contributed by atoms with E-state index in [9.17, 15) is 57.5 Å². The van der Waals surface area contributed by atoms with Gasteiger partial charge < -0.3 is 0 Å². The van der Waals surface area contributed by atoms with Crippen LogP contribution in [-0.2, 0) is 10.9 Å². The third kappa shape index (κ3) is 7.88. The van der Waals surface area contributed by atoms with Gasteiger partial charge in [-0.2, -0.15) is 0 Å². The van der Waals surface area contributed by atoms with Crippen LogP contribution in [0.5, 0.6) is 0 Å². The van der Waals surface area contributed by atoms with E-state index < -0.39 is 144 Å². The molecule has 0 aliphatic carbocycles. The minimum Gasteiger partial charge on any atom is -0.289 e. The van der Waals surface area contributed by atoms with Gasteiger partial charge in [0.15, 0.2) is 80.5 Å². The largest absolute Gasteiger partial charge is 0.289 e. The van der Waals surface area contributed by atoms with Crippen LogP contribution in [0.3, 0.4) is 0 Å². The SMILES string of the molecule is CC[S+](CC(=O)c1ccccc1)c1ccccc1.Fc1c(F)c(F)c([B-](c2c(F)c(F)c(F)c(F)c2F)(c2c(F)c(F)c(F)c(F)c2F)c2c(F)c(F)c(F)c(F)c2F)c(F)c1F. The Bertz CT molecular complexity index is 2390. The second-order valence-corrected chi connectivity index (χ2v) is 15.2. The van der Waals surface area contributed by atoms with Crippen molar-refractivity contribution < 1.29 is 92.6 Å². The first-order valence-electron chi connectivity index (χ1n) is 17.1. The van der Waals surface area contributed by atoms with Gasteiger partial charge in [0, 0.05) is 16.5 Å². The number of benzene rings is 6. The van der Waals surface area contributed by atoms with E-state index in [0.29, 0.717) is 5.75 Å². The number of ketones is 1. The highest BCUT2D eigenvalue weighted by Crippen LogP contribution is 2.31. The van der Waals surface area contributed by atoms with E-state index in [1.165, 1.54) is 4.90 Å². The molecular weight excluding hydrogens is 919 g/mol. The molecule has 0 bridgehead atoms. The number of hydrogen-bond donors (Lipinski definition) is 0. The van der Waals surface area contributed by atoms with Crippen molar-refractivity contribution in [1.82, 2.24) is 0 Å². The van der Waals surface area contributed by atoms with Gasteiger partial charge in [-0.3, -0.25) is 4.79 Å². The summed E-state index contributed by atoms with van der Waals surface area (Å²) in [6.45, 7) is 2.15. The van der Waals surface area contributed by atoms with E-state index in [0.717, 1.165) is 11.3 Å². The minimum absolute atomic E-state index is 0.0251. The van der Waals surface area contributed by atoms with Crippen LogP contribution in [-0.4, -0.2) is 23.4 Å². The lowest BCUT2D eigenvalue weighted by atomic mass is 9.12. The van der Waals surface area contributed by atoms with Crippen molar-refractivity contribution in [2.45, 2.75) is 11.8 Å². The fourth-order valence-corrected chi connectivity index (χ4v) is 8.43. The van der Waals surface area contributed by atoms with Crippen LogP contribution in [0.2, 0.25) is 0 Å². The Hall–Kier alpha value is -6.00. The van der Waals surface area contributed by atoms with Gasteiger partial charge in [-0.25, -0.2) is 87.8 Å². The zero-order valence-electron chi connectivity index (χ0n) is 30.6. The maximum atomic E-state index is 15.4. The minimum atomic E-state index is -7.22. The molecule has 0 radical (unpaired) electrons. The molecule has 0 saturated carbocycles. The fraction of sp³-hybridized carbons (Fsp3) is 0.0750. The molecule has 1 atom stereocenters. The number of rotatable bonds is 9. The quantitative estimate of drug-likeness (QED) is 0.0353. The lowest BCUT2D eigenvalue weighted by molar-refractivity contribution is 0.102. The van der Waals surface area contributed by atoms with Gasteiger partial charge in [0.2, 0.25) is 5.78 Å². The van der Waals surface area contributed by atoms with E-state index in [2.05, 4.69) is 19.1 Å². The van der Waals surface area contributed by atoms with Gasteiger partial charge in [0.25, 0.3) is 0 Å². The first-order chi connectivity index (χ1) is 29.5. The van der Waals surface area contributed by atoms with E-state index in [1.807, 2.05) is 48.5 Å². The van der Waals surface area contributed by atoms with Gasteiger partial charge in [0.1, 0.15) is 58.4 Å². The number of carbonyl (C=O) groups excluding carboxylic acids is 1. The van der Waals surface area contributed by atoms with Crippen LogP contribution < -0.4 is 21.9 Å². The highest BCUT2D eigenvalue weighted by molar-refractivity contribution is 7.97. The Morgan fingerprint density at radius 3 is 0.825 bits per heavy atom. The van der Waals surface area contributed by atoms with E-state index in [1.54, 1.807) is 0 Å². The molecular formula is C40H17BF20OS. The second-order valence-electron chi connectivity index (χ2n) is 12.8. The molecule has 6 rings (SSSR count).